The molecule has 2 rings (SSSR count). The molecule has 1 aromatic heterocycles. The van der Waals surface area contributed by atoms with E-state index in [1.54, 1.807) is 24.3 Å². The Morgan fingerprint density at radius 1 is 1.16 bits per heavy atom. The molecule has 0 aliphatic carbocycles. The summed E-state index contributed by atoms with van der Waals surface area (Å²) >= 11 is 1.33. The van der Waals surface area contributed by atoms with Gasteiger partial charge >= 0.3 is 12.0 Å². The molecule has 1 heterocycles. The van der Waals surface area contributed by atoms with E-state index in [-0.39, 0.29) is 30.1 Å². The molecule has 0 spiro atoms. The molecule has 0 atom stereocenters. The third-order valence-corrected chi connectivity index (χ3v) is 5.65. The summed E-state index contributed by atoms with van der Waals surface area (Å²) in [6, 6.07) is 5.92. The number of methoxy groups -OCH3 is 1. The van der Waals surface area contributed by atoms with Crippen molar-refractivity contribution in [1.82, 2.24) is 9.88 Å². The first-order valence-electron chi connectivity index (χ1n) is 10.6. The number of rotatable bonds is 10. The SMILES string of the molecule is CCOC(=O)c1csc(CN(CCOC)C(=O)Nc2c(C(C)C)cccc2C(C)C)n1. The van der Waals surface area contributed by atoms with Crippen LogP contribution in [-0.2, 0) is 16.0 Å². The van der Waals surface area contributed by atoms with Gasteiger partial charge < -0.3 is 19.7 Å². The summed E-state index contributed by atoms with van der Waals surface area (Å²) < 4.78 is 10.2. The molecular formula is C23H33N3O4S. The Kier molecular flexibility index (Phi) is 9.45. The average Bonchev–Trinajstić information content (AvgIpc) is 3.19. The molecule has 2 amide bonds. The number of ether oxygens (including phenoxy) is 2. The molecule has 0 radical (unpaired) electrons. The standard InChI is InChI=1S/C23H33N3O4S/c1-7-30-22(27)19-14-31-20(24-19)13-26(11-12-29-6)23(28)25-21-17(15(2)3)9-8-10-18(21)16(4)5/h8-10,14-16H,7,11-13H2,1-6H3,(H,25,28). The van der Waals surface area contributed by atoms with Crippen LogP contribution in [0.4, 0.5) is 10.5 Å². The van der Waals surface area contributed by atoms with Gasteiger partial charge in [0.1, 0.15) is 5.01 Å². The summed E-state index contributed by atoms with van der Waals surface area (Å²) in [6.45, 7) is 11.6. The number of hydrogen-bond acceptors (Lipinski definition) is 6. The number of esters is 1. The highest BCUT2D eigenvalue weighted by Gasteiger charge is 2.21. The molecule has 0 fully saturated rings. The monoisotopic (exact) mass is 447 g/mol. The molecule has 0 unspecified atom stereocenters. The van der Waals surface area contributed by atoms with Gasteiger partial charge in [-0.1, -0.05) is 45.9 Å². The van der Waals surface area contributed by atoms with E-state index in [2.05, 4.69) is 50.1 Å². The maximum atomic E-state index is 13.3. The van der Waals surface area contributed by atoms with Gasteiger partial charge in [-0.2, -0.15) is 0 Å². The van der Waals surface area contributed by atoms with Crippen molar-refractivity contribution in [3.05, 3.63) is 45.4 Å². The summed E-state index contributed by atoms with van der Waals surface area (Å²) in [6.07, 6.45) is 0. The largest absolute Gasteiger partial charge is 0.461 e. The molecular weight excluding hydrogens is 414 g/mol. The fourth-order valence-corrected chi connectivity index (χ4v) is 3.96. The molecule has 170 valence electrons. The second kappa shape index (κ2) is 11.8. The zero-order valence-corrected chi connectivity index (χ0v) is 20.0. The number of para-hydroxylation sites is 1. The fourth-order valence-electron chi connectivity index (χ4n) is 3.18. The van der Waals surface area contributed by atoms with Crippen LogP contribution in [0, 0.1) is 0 Å². The van der Waals surface area contributed by atoms with Gasteiger partial charge in [0.05, 0.1) is 19.8 Å². The van der Waals surface area contributed by atoms with Gasteiger partial charge in [-0.3, -0.25) is 0 Å². The van der Waals surface area contributed by atoms with Crippen LogP contribution in [-0.4, -0.2) is 48.8 Å². The van der Waals surface area contributed by atoms with Crippen molar-refractivity contribution in [2.45, 2.75) is 53.0 Å². The van der Waals surface area contributed by atoms with Gasteiger partial charge in [0.15, 0.2) is 5.69 Å². The molecule has 1 aromatic carbocycles. The molecule has 2 aromatic rings. The molecule has 1 N–H and O–H groups in total. The minimum atomic E-state index is -0.453. The van der Waals surface area contributed by atoms with Crippen molar-refractivity contribution in [1.29, 1.82) is 0 Å². The number of benzene rings is 1. The predicted molar refractivity (Wildman–Crippen MR) is 124 cm³/mol. The summed E-state index contributed by atoms with van der Waals surface area (Å²) in [5, 5.41) is 5.46. The third kappa shape index (κ3) is 6.77. The first kappa shape index (κ1) is 24.8. The van der Waals surface area contributed by atoms with Crippen LogP contribution in [0.3, 0.4) is 0 Å². The van der Waals surface area contributed by atoms with Crippen LogP contribution in [0.25, 0.3) is 0 Å². The van der Waals surface area contributed by atoms with Crippen LogP contribution >= 0.6 is 11.3 Å². The van der Waals surface area contributed by atoms with Gasteiger partial charge in [-0.05, 0) is 29.9 Å². The maximum Gasteiger partial charge on any atom is 0.357 e. The highest BCUT2D eigenvalue weighted by molar-refractivity contribution is 7.09. The lowest BCUT2D eigenvalue weighted by atomic mass is 9.93. The Hall–Kier alpha value is -2.45. The number of amides is 2. The lowest BCUT2D eigenvalue weighted by Crippen LogP contribution is -2.37. The van der Waals surface area contributed by atoms with Crippen LogP contribution < -0.4 is 5.32 Å². The lowest BCUT2D eigenvalue weighted by Gasteiger charge is -2.25. The molecule has 0 bridgehead atoms. The minimum Gasteiger partial charge on any atom is -0.461 e. The van der Waals surface area contributed by atoms with Crippen molar-refractivity contribution >= 4 is 29.0 Å². The highest BCUT2D eigenvalue weighted by atomic mass is 32.1. The predicted octanol–water partition coefficient (Wildman–Crippen LogP) is 5.25. The third-order valence-electron chi connectivity index (χ3n) is 4.82. The van der Waals surface area contributed by atoms with Crippen molar-refractivity contribution in [3.63, 3.8) is 0 Å². The molecule has 8 heteroatoms. The van der Waals surface area contributed by atoms with E-state index in [1.165, 1.54) is 11.3 Å². The Bertz CT molecular complexity index is 853. The summed E-state index contributed by atoms with van der Waals surface area (Å²) in [5.41, 5.74) is 3.34. The highest BCUT2D eigenvalue weighted by Crippen LogP contribution is 2.32. The molecule has 7 nitrogen and oxygen atoms in total. The van der Waals surface area contributed by atoms with Crippen LogP contribution in [0.1, 0.15) is 73.1 Å². The molecule has 0 saturated heterocycles. The van der Waals surface area contributed by atoms with Gasteiger partial charge in [-0.25, -0.2) is 14.6 Å². The number of thiazole rings is 1. The second-order valence-corrected chi connectivity index (χ2v) is 8.75. The number of carbonyl (C=O) groups is 2. The maximum absolute atomic E-state index is 13.3. The first-order valence-corrected chi connectivity index (χ1v) is 11.5. The van der Waals surface area contributed by atoms with Crippen molar-refractivity contribution in [2.24, 2.45) is 0 Å². The summed E-state index contributed by atoms with van der Waals surface area (Å²) in [5.74, 6) is 0.0883. The van der Waals surface area contributed by atoms with Gasteiger partial charge in [0, 0.05) is 24.7 Å². The lowest BCUT2D eigenvalue weighted by molar-refractivity contribution is 0.0520. The molecule has 31 heavy (non-hydrogen) atoms. The van der Waals surface area contributed by atoms with Gasteiger partial charge in [0.25, 0.3) is 0 Å². The van der Waals surface area contributed by atoms with Crippen LogP contribution in [0.2, 0.25) is 0 Å². The van der Waals surface area contributed by atoms with E-state index >= 15 is 0 Å². The number of nitrogens with zero attached hydrogens (tertiary/aromatic N) is 2. The van der Waals surface area contributed by atoms with Crippen molar-refractivity contribution in [3.8, 4) is 0 Å². The number of carbonyl (C=O) groups excluding carboxylic acids is 2. The molecule has 0 aliphatic rings. The van der Waals surface area contributed by atoms with Gasteiger partial charge in [-0.15, -0.1) is 11.3 Å². The Labute approximate surface area is 188 Å². The van der Waals surface area contributed by atoms with Crippen LogP contribution in [0.5, 0.6) is 0 Å². The van der Waals surface area contributed by atoms with E-state index in [1.807, 2.05) is 6.07 Å². The van der Waals surface area contributed by atoms with E-state index in [0.717, 1.165) is 16.8 Å². The molecule has 0 aliphatic heterocycles. The topological polar surface area (TPSA) is 80.8 Å². The Morgan fingerprint density at radius 3 is 2.35 bits per heavy atom. The Balaban J connectivity index is 2.26. The summed E-state index contributed by atoms with van der Waals surface area (Å²) in [4.78, 5) is 31.2. The normalized spacial score (nSPS) is 11.1. The van der Waals surface area contributed by atoms with E-state index in [9.17, 15) is 9.59 Å². The number of nitrogens with one attached hydrogen (secondary N) is 1. The second-order valence-electron chi connectivity index (χ2n) is 7.81. The minimum absolute atomic E-state index is 0.222. The smallest absolute Gasteiger partial charge is 0.357 e. The van der Waals surface area contributed by atoms with Crippen molar-refractivity contribution in [2.75, 3.05) is 32.2 Å². The quantitative estimate of drug-likeness (QED) is 0.503. The fraction of sp³-hybridized carbons (Fsp3) is 0.522. The first-order chi connectivity index (χ1) is 14.8. The van der Waals surface area contributed by atoms with Gasteiger partial charge in [0.2, 0.25) is 0 Å². The number of urea groups is 1. The summed E-state index contributed by atoms with van der Waals surface area (Å²) in [7, 11) is 1.60. The average molecular weight is 448 g/mol. The molecule has 0 saturated carbocycles. The zero-order chi connectivity index (χ0) is 23.0. The van der Waals surface area contributed by atoms with E-state index < -0.39 is 5.97 Å². The zero-order valence-electron chi connectivity index (χ0n) is 19.2. The van der Waals surface area contributed by atoms with E-state index in [0.29, 0.717) is 24.8 Å². The van der Waals surface area contributed by atoms with Crippen molar-refractivity contribution < 1.29 is 19.1 Å². The Morgan fingerprint density at radius 2 is 1.81 bits per heavy atom. The van der Waals surface area contributed by atoms with E-state index in [4.69, 9.17) is 9.47 Å². The number of anilines is 1. The number of hydrogen-bond donors (Lipinski definition) is 1. The van der Waals surface area contributed by atoms with Crippen LogP contribution in [0.15, 0.2) is 23.6 Å². The number of aromatic nitrogens is 1.